The van der Waals surface area contributed by atoms with Crippen molar-refractivity contribution in [1.82, 2.24) is 0 Å². The molecule has 0 bridgehead atoms. The lowest BCUT2D eigenvalue weighted by atomic mass is 9.71. The Labute approximate surface area is 202 Å². The van der Waals surface area contributed by atoms with Crippen LogP contribution in [0, 0.1) is 11.8 Å². The smallest absolute Gasteiger partial charge is 0.127 e. The molecule has 3 aromatic rings. The maximum Gasteiger partial charge on any atom is 0.127 e. The van der Waals surface area contributed by atoms with Crippen molar-refractivity contribution in [3.8, 4) is 5.75 Å². The minimum absolute atomic E-state index is 0.147. The molecule has 0 N–H and O–H groups in total. The van der Waals surface area contributed by atoms with Crippen molar-refractivity contribution in [1.29, 1.82) is 0 Å². The Morgan fingerprint density at radius 3 is 2.42 bits per heavy atom. The van der Waals surface area contributed by atoms with Crippen molar-refractivity contribution in [2.75, 3.05) is 0 Å². The zero-order valence-corrected chi connectivity index (χ0v) is 20.8. The first-order chi connectivity index (χ1) is 16.3. The summed E-state index contributed by atoms with van der Waals surface area (Å²) in [6.45, 7) is 0. The second kappa shape index (κ2) is 10.9. The van der Waals surface area contributed by atoms with Crippen LogP contribution in [0.3, 0.4) is 0 Å². The standard InChI is InChI=1S/C31H37OP/c33-27-16-6-2-5-14-25(22-27)29-20-19-24-13-7-9-17-28(24)31(29)32-30-18-10-8-15-26(30)21-23-11-3-1-4-12-23/h1,3-4,7-13,15,17-18,25,27,29,31H,2,5-6,14,16,19-22,33H2. The third-order valence-corrected chi connectivity index (χ3v) is 8.43. The van der Waals surface area contributed by atoms with Gasteiger partial charge in [-0.25, -0.2) is 0 Å². The molecule has 1 saturated carbocycles. The fourth-order valence-electron chi connectivity index (χ4n) is 6.10. The van der Waals surface area contributed by atoms with Crippen LogP contribution in [-0.4, -0.2) is 5.66 Å². The zero-order chi connectivity index (χ0) is 22.5. The summed E-state index contributed by atoms with van der Waals surface area (Å²) < 4.78 is 7.05. The van der Waals surface area contributed by atoms with Crippen molar-refractivity contribution in [3.05, 3.63) is 101 Å². The van der Waals surface area contributed by atoms with Crippen molar-refractivity contribution in [2.24, 2.45) is 11.8 Å². The van der Waals surface area contributed by atoms with E-state index in [-0.39, 0.29) is 6.10 Å². The van der Waals surface area contributed by atoms with Gasteiger partial charge in [-0.05, 0) is 65.6 Å². The van der Waals surface area contributed by atoms with Gasteiger partial charge < -0.3 is 4.74 Å². The second-order valence-electron chi connectivity index (χ2n) is 10.1. The molecule has 172 valence electrons. The largest absolute Gasteiger partial charge is 0.485 e. The van der Waals surface area contributed by atoms with Gasteiger partial charge in [-0.3, -0.25) is 0 Å². The minimum Gasteiger partial charge on any atom is -0.485 e. The average molecular weight is 457 g/mol. The van der Waals surface area contributed by atoms with E-state index in [1.165, 1.54) is 73.6 Å². The molecule has 0 amide bonds. The highest BCUT2D eigenvalue weighted by Crippen LogP contribution is 2.46. The Balaban J connectivity index is 1.46. The number of hydrogen-bond donors (Lipinski definition) is 0. The first-order valence-electron chi connectivity index (χ1n) is 12.9. The number of ether oxygens (including phenoxy) is 1. The Kier molecular flexibility index (Phi) is 7.47. The number of rotatable bonds is 5. The highest BCUT2D eigenvalue weighted by Gasteiger charge is 2.37. The summed E-state index contributed by atoms with van der Waals surface area (Å²) in [7, 11) is 3.15. The van der Waals surface area contributed by atoms with Gasteiger partial charge in [0.1, 0.15) is 11.9 Å². The summed E-state index contributed by atoms with van der Waals surface area (Å²) >= 11 is 0. The molecule has 33 heavy (non-hydrogen) atoms. The molecule has 1 fully saturated rings. The van der Waals surface area contributed by atoms with Gasteiger partial charge in [0.05, 0.1) is 0 Å². The number of benzene rings is 3. The molecular formula is C31H37OP. The second-order valence-corrected chi connectivity index (χ2v) is 11.0. The lowest BCUT2D eigenvalue weighted by Crippen LogP contribution is -2.32. The van der Waals surface area contributed by atoms with Gasteiger partial charge in [0.25, 0.3) is 0 Å². The van der Waals surface area contributed by atoms with Crippen LogP contribution in [0.4, 0.5) is 0 Å². The maximum absolute atomic E-state index is 7.05. The molecule has 2 aliphatic carbocycles. The molecule has 0 spiro atoms. The van der Waals surface area contributed by atoms with Crippen LogP contribution in [-0.2, 0) is 12.8 Å². The Morgan fingerprint density at radius 2 is 1.52 bits per heavy atom. The molecule has 0 aromatic heterocycles. The molecule has 0 radical (unpaired) electrons. The predicted octanol–water partition coefficient (Wildman–Crippen LogP) is 8.17. The van der Waals surface area contributed by atoms with Crippen LogP contribution in [0.2, 0.25) is 0 Å². The third kappa shape index (κ3) is 5.52. The third-order valence-electron chi connectivity index (χ3n) is 7.82. The van der Waals surface area contributed by atoms with E-state index in [4.69, 9.17) is 4.74 Å². The maximum atomic E-state index is 7.05. The monoisotopic (exact) mass is 456 g/mol. The van der Waals surface area contributed by atoms with Crippen LogP contribution in [0.15, 0.2) is 78.9 Å². The van der Waals surface area contributed by atoms with E-state index in [1.54, 1.807) is 0 Å². The molecule has 0 heterocycles. The van der Waals surface area contributed by atoms with E-state index in [2.05, 4.69) is 88.1 Å². The number of aryl methyl sites for hydroxylation is 1. The Bertz CT molecular complexity index is 1030. The van der Waals surface area contributed by atoms with Crippen LogP contribution < -0.4 is 4.74 Å². The van der Waals surface area contributed by atoms with E-state index in [0.29, 0.717) is 5.92 Å². The fourth-order valence-corrected chi connectivity index (χ4v) is 6.68. The van der Waals surface area contributed by atoms with Crippen LogP contribution >= 0.6 is 9.24 Å². The molecule has 5 unspecified atom stereocenters. The van der Waals surface area contributed by atoms with E-state index < -0.39 is 0 Å². The Hall–Kier alpha value is -2.11. The lowest BCUT2D eigenvalue weighted by molar-refractivity contribution is 0.0677. The molecule has 0 aliphatic heterocycles. The van der Waals surface area contributed by atoms with Gasteiger partial charge in [-0.1, -0.05) is 98.5 Å². The van der Waals surface area contributed by atoms with Crippen LogP contribution in [0.5, 0.6) is 5.75 Å². The summed E-state index contributed by atoms with van der Waals surface area (Å²) in [5.74, 6) is 2.39. The number of hydrogen-bond acceptors (Lipinski definition) is 1. The molecule has 2 aliphatic rings. The SMILES string of the molecule is PC1CCCCCC(C2CCc3ccccc3C2Oc2ccccc2Cc2ccccc2)C1. The van der Waals surface area contributed by atoms with Gasteiger partial charge >= 0.3 is 0 Å². The summed E-state index contributed by atoms with van der Waals surface area (Å²) in [6.07, 6.45) is 11.7. The molecule has 1 nitrogen and oxygen atoms in total. The molecule has 3 aromatic carbocycles. The summed E-state index contributed by atoms with van der Waals surface area (Å²) in [5, 5.41) is 0. The predicted molar refractivity (Wildman–Crippen MR) is 142 cm³/mol. The lowest BCUT2D eigenvalue weighted by Gasteiger charge is -2.40. The summed E-state index contributed by atoms with van der Waals surface area (Å²) in [4.78, 5) is 0. The summed E-state index contributed by atoms with van der Waals surface area (Å²) in [5.41, 5.74) is 6.27. The minimum atomic E-state index is 0.147. The number of fused-ring (bicyclic) bond motifs is 1. The van der Waals surface area contributed by atoms with E-state index in [0.717, 1.165) is 23.7 Å². The van der Waals surface area contributed by atoms with E-state index in [1.807, 2.05) is 0 Å². The van der Waals surface area contributed by atoms with Gasteiger partial charge in [0.2, 0.25) is 0 Å². The van der Waals surface area contributed by atoms with Gasteiger partial charge in [-0.15, -0.1) is 9.24 Å². The van der Waals surface area contributed by atoms with E-state index in [9.17, 15) is 0 Å². The highest BCUT2D eigenvalue weighted by molar-refractivity contribution is 7.17. The highest BCUT2D eigenvalue weighted by atomic mass is 31.0. The van der Waals surface area contributed by atoms with E-state index >= 15 is 0 Å². The normalized spacial score (nSPS) is 25.5. The van der Waals surface area contributed by atoms with Crippen molar-refractivity contribution < 1.29 is 4.74 Å². The van der Waals surface area contributed by atoms with Crippen LogP contribution in [0.1, 0.15) is 73.3 Å². The van der Waals surface area contributed by atoms with Crippen molar-refractivity contribution >= 4 is 9.24 Å². The first kappa shape index (κ1) is 22.7. The quantitative estimate of drug-likeness (QED) is 0.352. The topological polar surface area (TPSA) is 9.23 Å². The molecule has 5 rings (SSSR count). The first-order valence-corrected chi connectivity index (χ1v) is 13.6. The van der Waals surface area contributed by atoms with Crippen LogP contribution in [0.25, 0.3) is 0 Å². The van der Waals surface area contributed by atoms with Gasteiger partial charge in [0, 0.05) is 12.3 Å². The Morgan fingerprint density at radius 1 is 0.758 bits per heavy atom. The molecule has 2 heteroatoms. The van der Waals surface area contributed by atoms with Crippen molar-refractivity contribution in [3.63, 3.8) is 0 Å². The fraction of sp³-hybridized carbons (Fsp3) is 0.419. The molecule has 0 saturated heterocycles. The zero-order valence-electron chi connectivity index (χ0n) is 19.7. The van der Waals surface area contributed by atoms with Crippen molar-refractivity contribution in [2.45, 2.75) is 69.6 Å². The molecule has 5 atom stereocenters. The van der Waals surface area contributed by atoms with Gasteiger partial charge in [-0.2, -0.15) is 0 Å². The summed E-state index contributed by atoms with van der Waals surface area (Å²) in [6, 6.07) is 28.5. The van der Waals surface area contributed by atoms with Gasteiger partial charge in [0.15, 0.2) is 0 Å². The molecular weight excluding hydrogens is 419 g/mol. The average Bonchev–Trinajstić information content (AvgIpc) is 2.83. The number of para-hydroxylation sites is 1.